The molecule has 0 aliphatic heterocycles. The summed E-state index contributed by atoms with van der Waals surface area (Å²) < 4.78 is 6.97. The van der Waals surface area contributed by atoms with Crippen LogP contribution in [-0.2, 0) is 9.22 Å². The van der Waals surface area contributed by atoms with Crippen molar-refractivity contribution in [3.63, 3.8) is 0 Å². The predicted octanol–water partition coefficient (Wildman–Crippen LogP) is 5.10. The van der Waals surface area contributed by atoms with Crippen LogP contribution < -0.4 is 10.4 Å². The van der Waals surface area contributed by atoms with Gasteiger partial charge in [-0.15, -0.1) is 0 Å². The molecule has 0 spiro atoms. The van der Waals surface area contributed by atoms with Crippen LogP contribution in [0.2, 0.25) is 5.04 Å². The normalized spacial score (nSPS) is 13.4. The lowest BCUT2D eigenvalue weighted by molar-refractivity contribution is -0.124. The molecule has 0 fully saturated rings. The molecule has 0 saturated heterocycles. The van der Waals surface area contributed by atoms with Gasteiger partial charge in [0.25, 0.3) is 8.32 Å². The number of Topliss-reactive ketones (excluding diaryl/α,β-unsaturated/α-hetero) is 1. The van der Waals surface area contributed by atoms with Gasteiger partial charge >= 0.3 is 0 Å². The number of carbonyl (C=O) groups is 1. The van der Waals surface area contributed by atoms with Gasteiger partial charge in [-0.05, 0) is 28.8 Å². The molecule has 146 valence electrons. The largest absolute Gasteiger partial charge is 0.397 e. The monoisotopic (exact) mass is 382 g/mol. The zero-order chi connectivity index (χ0) is 19.9. The van der Waals surface area contributed by atoms with Gasteiger partial charge in [-0.3, -0.25) is 4.79 Å². The van der Waals surface area contributed by atoms with Crippen LogP contribution in [0.1, 0.15) is 60.3 Å². The van der Waals surface area contributed by atoms with Crippen molar-refractivity contribution in [1.29, 1.82) is 0 Å². The van der Waals surface area contributed by atoms with Gasteiger partial charge < -0.3 is 4.43 Å². The van der Waals surface area contributed by atoms with E-state index in [4.69, 9.17) is 4.43 Å². The average molecular weight is 383 g/mol. The van der Waals surface area contributed by atoms with E-state index in [-0.39, 0.29) is 16.9 Å². The van der Waals surface area contributed by atoms with Gasteiger partial charge in [-0.25, -0.2) is 0 Å². The fourth-order valence-corrected chi connectivity index (χ4v) is 8.55. The topological polar surface area (TPSA) is 26.3 Å². The molecule has 2 nitrogen and oxygen atoms in total. The standard InChI is InChI=1S/C24H34O2Si/c1-6-7-10-19-23(20(2)25)26-27(24(3,4)5,21-15-11-8-12-16-21)22-17-13-9-14-18-22/h8-9,11-18,23H,6-7,10,19H2,1-5H3/t23-/m0/s1. The van der Waals surface area contributed by atoms with Crippen LogP contribution in [0.25, 0.3) is 0 Å². The molecule has 2 rings (SSSR count). The first-order chi connectivity index (χ1) is 12.8. The number of unbranched alkanes of at least 4 members (excludes halogenated alkanes) is 2. The molecular weight excluding hydrogens is 348 g/mol. The number of hydrogen-bond donors (Lipinski definition) is 0. The highest BCUT2D eigenvalue weighted by molar-refractivity contribution is 6.99. The zero-order valence-electron chi connectivity index (χ0n) is 17.5. The molecule has 0 saturated carbocycles. The van der Waals surface area contributed by atoms with Crippen LogP contribution in [0, 0.1) is 0 Å². The quantitative estimate of drug-likeness (QED) is 0.445. The van der Waals surface area contributed by atoms with E-state index in [2.05, 4.69) is 76.2 Å². The van der Waals surface area contributed by atoms with Crippen LogP contribution in [0.3, 0.4) is 0 Å². The fraction of sp³-hybridized carbons (Fsp3) is 0.458. The molecule has 0 N–H and O–H groups in total. The number of rotatable bonds is 9. The fourth-order valence-electron chi connectivity index (χ4n) is 3.83. The van der Waals surface area contributed by atoms with Crippen molar-refractivity contribution in [3.8, 4) is 0 Å². The highest BCUT2D eigenvalue weighted by atomic mass is 28.4. The maximum Gasteiger partial charge on any atom is 0.262 e. The van der Waals surface area contributed by atoms with Gasteiger partial charge in [0.2, 0.25) is 0 Å². The van der Waals surface area contributed by atoms with Crippen LogP contribution in [0.4, 0.5) is 0 Å². The Kier molecular flexibility index (Phi) is 7.57. The summed E-state index contributed by atoms with van der Waals surface area (Å²) in [7, 11) is -2.66. The lowest BCUT2D eigenvalue weighted by Crippen LogP contribution is -2.68. The van der Waals surface area contributed by atoms with Gasteiger partial charge in [0, 0.05) is 0 Å². The Morgan fingerprint density at radius 3 is 1.78 bits per heavy atom. The molecule has 0 aliphatic rings. The molecule has 0 radical (unpaired) electrons. The van der Waals surface area contributed by atoms with Crippen molar-refractivity contribution in [2.75, 3.05) is 0 Å². The van der Waals surface area contributed by atoms with Gasteiger partial charge in [0.1, 0.15) is 6.10 Å². The molecule has 0 unspecified atom stereocenters. The van der Waals surface area contributed by atoms with Gasteiger partial charge in [-0.1, -0.05) is 108 Å². The second kappa shape index (κ2) is 9.47. The van der Waals surface area contributed by atoms with Gasteiger partial charge in [0.15, 0.2) is 5.78 Å². The minimum absolute atomic E-state index is 0.103. The summed E-state index contributed by atoms with van der Waals surface area (Å²) in [6.07, 6.45) is 3.76. The Bertz CT molecular complexity index is 665. The third kappa shape index (κ3) is 4.97. The Morgan fingerprint density at radius 1 is 0.926 bits per heavy atom. The molecule has 0 heterocycles. The highest BCUT2D eigenvalue weighted by Crippen LogP contribution is 2.38. The van der Waals surface area contributed by atoms with E-state index < -0.39 is 8.32 Å². The molecule has 0 aliphatic carbocycles. The number of hydrogen-bond acceptors (Lipinski definition) is 2. The third-order valence-corrected chi connectivity index (χ3v) is 10.3. The maximum atomic E-state index is 12.5. The number of carbonyl (C=O) groups excluding carboxylic acids is 1. The van der Waals surface area contributed by atoms with Crippen LogP contribution >= 0.6 is 0 Å². The summed E-state index contributed by atoms with van der Waals surface area (Å²) in [6.45, 7) is 10.6. The van der Waals surface area contributed by atoms with Crippen molar-refractivity contribution in [2.24, 2.45) is 0 Å². The Balaban J connectivity index is 2.59. The van der Waals surface area contributed by atoms with E-state index in [0.29, 0.717) is 0 Å². The molecule has 27 heavy (non-hydrogen) atoms. The van der Waals surface area contributed by atoms with Crippen molar-refractivity contribution in [2.45, 2.75) is 71.4 Å². The SMILES string of the molecule is CCCCC[C@H](O[Si](c1ccccc1)(c1ccccc1)C(C)(C)C)C(C)=O. The molecule has 0 bridgehead atoms. The molecule has 2 aromatic carbocycles. The first-order valence-corrected chi connectivity index (χ1v) is 12.0. The van der Waals surface area contributed by atoms with Crippen molar-refractivity contribution < 1.29 is 9.22 Å². The van der Waals surface area contributed by atoms with E-state index in [0.717, 1.165) is 25.7 Å². The van der Waals surface area contributed by atoms with Gasteiger partial charge in [0.05, 0.1) is 0 Å². The summed E-state index contributed by atoms with van der Waals surface area (Å²) >= 11 is 0. The minimum Gasteiger partial charge on any atom is -0.397 e. The lowest BCUT2D eigenvalue weighted by atomic mass is 10.1. The van der Waals surface area contributed by atoms with Crippen LogP contribution in [0.5, 0.6) is 0 Å². The summed E-state index contributed by atoms with van der Waals surface area (Å²) in [4.78, 5) is 12.5. The molecule has 0 amide bonds. The van der Waals surface area contributed by atoms with E-state index in [1.807, 2.05) is 12.1 Å². The Hall–Kier alpha value is -1.71. The zero-order valence-corrected chi connectivity index (χ0v) is 18.5. The van der Waals surface area contributed by atoms with E-state index in [9.17, 15) is 4.79 Å². The third-order valence-electron chi connectivity index (χ3n) is 5.26. The van der Waals surface area contributed by atoms with Crippen LogP contribution in [0.15, 0.2) is 60.7 Å². The smallest absolute Gasteiger partial charge is 0.262 e. The molecular formula is C24H34O2Si. The number of ketones is 1. The summed E-state index contributed by atoms with van der Waals surface area (Å²) in [5, 5.41) is 2.35. The number of benzene rings is 2. The van der Waals surface area contributed by atoms with E-state index in [1.54, 1.807) is 6.92 Å². The summed E-state index contributed by atoms with van der Waals surface area (Å²) in [5.74, 6) is 0.138. The summed E-state index contributed by atoms with van der Waals surface area (Å²) in [5.41, 5.74) is 0. The molecule has 1 atom stereocenters. The first-order valence-electron chi connectivity index (χ1n) is 10.1. The Morgan fingerprint density at radius 2 is 1.41 bits per heavy atom. The summed E-state index contributed by atoms with van der Waals surface area (Å²) in [6, 6.07) is 21.1. The van der Waals surface area contributed by atoms with Gasteiger partial charge in [-0.2, -0.15) is 0 Å². The minimum atomic E-state index is -2.66. The van der Waals surface area contributed by atoms with Crippen LogP contribution in [-0.4, -0.2) is 20.2 Å². The second-order valence-electron chi connectivity index (χ2n) is 8.38. The molecule has 3 heteroatoms. The predicted molar refractivity (Wildman–Crippen MR) is 117 cm³/mol. The van der Waals surface area contributed by atoms with Crippen molar-refractivity contribution in [1.82, 2.24) is 0 Å². The lowest BCUT2D eigenvalue weighted by Gasteiger charge is -2.44. The van der Waals surface area contributed by atoms with E-state index in [1.165, 1.54) is 10.4 Å². The molecule has 0 aromatic heterocycles. The van der Waals surface area contributed by atoms with Crippen molar-refractivity contribution in [3.05, 3.63) is 60.7 Å². The maximum absolute atomic E-state index is 12.5. The average Bonchev–Trinajstić information content (AvgIpc) is 2.65. The molecule has 2 aromatic rings. The van der Waals surface area contributed by atoms with E-state index >= 15 is 0 Å². The van der Waals surface area contributed by atoms with Crippen molar-refractivity contribution >= 4 is 24.5 Å². The first kappa shape index (κ1) is 21.6. The Labute approximate surface area is 166 Å². The highest BCUT2D eigenvalue weighted by Gasteiger charge is 2.51. The second-order valence-corrected chi connectivity index (χ2v) is 12.6.